The SMILES string of the molecule is CC(C)(C)C(=O)/C=C/CN. The first kappa shape index (κ1) is 9.37. The molecule has 0 aromatic heterocycles. The smallest absolute Gasteiger partial charge is 0.160 e. The molecule has 0 heterocycles. The van der Waals surface area contributed by atoms with E-state index in [9.17, 15) is 4.79 Å². The number of carbonyl (C=O) groups excluding carboxylic acids is 1. The summed E-state index contributed by atoms with van der Waals surface area (Å²) in [5.41, 5.74) is 4.91. The van der Waals surface area contributed by atoms with E-state index in [1.807, 2.05) is 20.8 Å². The Morgan fingerprint density at radius 2 is 2.00 bits per heavy atom. The minimum absolute atomic E-state index is 0.123. The molecule has 0 fully saturated rings. The monoisotopic (exact) mass is 141 g/mol. The third kappa shape index (κ3) is 3.41. The second kappa shape index (κ2) is 3.52. The Morgan fingerprint density at radius 3 is 2.30 bits per heavy atom. The van der Waals surface area contributed by atoms with Gasteiger partial charge in [0.05, 0.1) is 0 Å². The van der Waals surface area contributed by atoms with Crippen molar-refractivity contribution in [3.05, 3.63) is 12.2 Å². The first-order valence-corrected chi connectivity index (χ1v) is 3.39. The molecule has 0 unspecified atom stereocenters. The van der Waals surface area contributed by atoms with Gasteiger partial charge < -0.3 is 5.73 Å². The van der Waals surface area contributed by atoms with Crippen LogP contribution in [0.3, 0.4) is 0 Å². The number of allylic oxidation sites excluding steroid dienone is 1. The lowest BCUT2D eigenvalue weighted by molar-refractivity contribution is -0.121. The van der Waals surface area contributed by atoms with Gasteiger partial charge in [-0.2, -0.15) is 0 Å². The topological polar surface area (TPSA) is 43.1 Å². The summed E-state index contributed by atoms with van der Waals surface area (Å²) in [6, 6.07) is 0. The van der Waals surface area contributed by atoms with Crippen molar-refractivity contribution in [1.82, 2.24) is 0 Å². The first-order chi connectivity index (χ1) is 4.48. The lowest BCUT2D eigenvalue weighted by atomic mass is 9.91. The van der Waals surface area contributed by atoms with Crippen LogP contribution in [-0.4, -0.2) is 12.3 Å². The molecule has 0 rings (SSSR count). The van der Waals surface area contributed by atoms with Crippen molar-refractivity contribution in [2.75, 3.05) is 6.54 Å². The van der Waals surface area contributed by atoms with Gasteiger partial charge in [-0.15, -0.1) is 0 Å². The molecule has 0 aromatic carbocycles. The molecule has 0 aliphatic rings. The molecule has 0 amide bonds. The standard InChI is InChI=1S/C8H15NO/c1-8(2,3)7(10)5-4-6-9/h4-5H,6,9H2,1-3H3/b5-4+. The molecule has 0 aliphatic carbocycles. The fourth-order valence-electron chi connectivity index (χ4n) is 0.425. The predicted octanol–water partition coefficient (Wildman–Crippen LogP) is 1.12. The van der Waals surface area contributed by atoms with Crippen molar-refractivity contribution < 1.29 is 4.79 Å². The van der Waals surface area contributed by atoms with Crippen LogP contribution in [0.4, 0.5) is 0 Å². The zero-order valence-electron chi connectivity index (χ0n) is 6.85. The van der Waals surface area contributed by atoms with Crippen LogP contribution in [0, 0.1) is 5.41 Å². The number of nitrogens with two attached hydrogens (primary N) is 1. The summed E-state index contributed by atoms with van der Waals surface area (Å²) in [7, 11) is 0. The van der Waals surface area contributed by atoms with E-state index in [4.69, 9.17) is 5.73 Å². The van der Waals surface area contributed by atoms with Gasteiger partial charge in [0.1, 0.15) is 0 Å². The maximum atomic E-state index is 11.1. The highest BCUT2D eigenvalue weighted by molar-refractivity contribution is 5.93. The fourth-order valence-corrected chi connectivity index (χ4v) is 0.425. The molecule has 0 atom stereocenters. The Balaban J connectivity index is 3.98. The number of hydrogen-bond acceptors (Lipinski definition) is 2. The Bertz CT molecular complexity index is 142. The van der Waals surface area contributed by atoms with E-state index >= 15 is 0 Å². The summed E-state index contributed by atoms with van der Waals surface area (Å²) in [5, 5.41) is 0. The van der Waals surface area contributed by atoms with Crippen LogP contribution >= 0.6 is 0 Å². The summed E-state index contributed by atoms with van der Waals surface area (Å²) in [5.74, 6) is 0.123. The quantitative estimate of drug-likeness (QED) is 0.585. The zero-order valence-corrected chi connectivity index (χ0v) is 6.85. The maximum Gasteiger partial charge on any atom is 0.160 e. The summed E-state index contributed by atoms with van der Waals surface area (Å²) in [6.07, 6.45) is 3.22. The van der Waals surface area contributed by atoms with Crippen LogP contribution in [0.15, 0.2) is 12.2 Å². The Kier molecular flexibility index (Phi) is 3.30. The third-order valence-electron chi connectivity index (χ3n) is 1.14. The van der Waals surface area contributed by atoms with Gasteiger partial charge in [-0.25, -0.2) is 0 Å². The molecular weight excluding hydrogens is 126 g/mol. The van der Waals surface area contributed by atoms with Crippen molar-refractivity contribution in [1.29, 1.82) is 0 Å². The molecular formula is C8H15NO. The summed E-state index contributed by atoms with van der Waals surface area (Å²) < 4.78 is 0. The molecule has 2 heteroatoms. The predicted molar refractivity (Wildman–Crippen MR) is 42.7 cm³/mol. The van der Waals surface area contributed by atoms with E-state index in [1.54, 1.807) is 12.2 Å². The minimum Gasteiger partial charge on any atom is -0.327 e. The second-order valence-electron chi connectivity index (χ2n) is 3.25. The van der Waals surface area contributed by atoms with E-state index in [1.165, 1.54) is 0 Å². The molecule has 10 heavy (non-hydrogen) atoms. The summed E-state index contributed by atoms with van der Waals surface area (Å²) >= 11 is 0. The Hall–Kier alpha value is -0.630. The molecule has 0 saturated carbocycles. The van der Waals surface area contributed by atoms with Gasteiger partial charge in [0, 0.05) is 12.0 Å². The van der Waals surface area contributed by atoms with Gasteiger partial charge in [-0.05, 0) is 6.08 Å². The molecule has 0 saturated heterocycles. The van der Waals surface area contributed by atoms with Crippen LogP contribution in [0.1, 0.15) is 20.8 Å². The van der Waals surface area contributed by atoms with Crippen molar-refractivity contribution in [2.45, 2.75) is 20.8 Å². The van der Waals surface area contributed by atoms with Crippen LogP contribution in [0.2, 0.25) is 0 Å². The van der Waals surface area contributed by atoms with Gasteiger partial charge >= 0.3 is 0 Å². The molecule has 2 nitrogen and oxygen atoms in total. The molecule has 0 aliphatic heterocycles. The fraction of sp³-hybridized carbons (Fsp3) is 0.625. The highest BCUT2D eigenvalue weighted by Crippen LogP contribution is 2.14. The maximum absolute atomic E-state index is 11.1. The number of ketones is 1. The Labute approximate surface area is 62.1 Å². The third-order valence-corrected chi connectivity index (χ3v) is 1.14. The van der Waals surface area contributed by atoms with Gasteiger partial charge in [0.2, 0.25) is 0 Å². The number of hydrogen-bond donors (Lipinski definition) is 1. The molecule has 0 aromatic rings. The second-order valence-corrected chi connectivity index (χ2v) is 3.25. The normalized spacial score (nSPS) is 12.4. The summed E-state index contributed by atoms with van der Waals surface area (Å²) in [4.78, 5) is 11.1. The van der Waals surface area contributed by atoms with E-state index in [0.717, 1.165) is 0 Å². The van der Waals surface area contributed by atoms with E-state index < -0.39 is 0 Å². The van der Waals surface area contributed by atoms with Crippen LogP contribution in [0.25, 0.3) is 0 Å². The molecule has 2 N–H and O–H groups in total. The van der Waals surface area contributed by atoms with E-state index in [-0.39, 0.29) is 11.2 Å². The largest absolute Gasteiger partial charge is 0.327 e. The van der Waals surface area contributed by atoms with Gasteiger partial charge in [0.25, 0.3) is 0 Å². The van der Waals surface area contributed by atoms with Crippen LogP contribution in [-0.2, 0) is 4.79 Å². The van der Waals surface area contributed by atoms with E-state index in [0.29, 0.717) is 6.54 Å². The number of carbonyl (C=O) groups is 1. The van der Waals surface area contributed by atoms with Crippen LogP contribution in [0.5, 0.6) is 0 Å². The highest BCUT2D eigenvalue weighted by Gasteiger charge is 2.17. The minimum atomic E-state index is -0.272. The zero-order chi connectivity index (χ0) is 8.20. The lowest BCUT2D eigenvalue weighted by Gasteiger charge is -2.12. The molecule has 0 bridgehead atoms. The Morgan fingerprint density at radius 1 is 1.50 bits per heavy atom. The molecule has 0 spiro atoms. The summed E-state index contributed by atoms with van der Waals surface area (Å²) in [6.45, 7) is 6.09. The van der Waals surface area contributed by atoms with Crippen molar-refractivity contribution in [3.63, 3.8) is 0 Å². The lowest BCUT2D eigenvalue weighted by Crippen LogP contribution is -2.17. The van der Waals surface area contributed by atoms with Gasteiger partial charge in [-0.3, -0.25) is 4.79 Å². The van der Waals surface area contributed by atoms with Crippen molar-refractivity contribution in [3.8, 4) is 0 Å². The number of rotatable bonds is 2. The van der Waals surface area contributed by atoms with Gasteiger partial charge in [-0.1, -0.05) is 26.8 Å². The average molecular weight is 141 g/mol. The first-order valence-electron chi connectivity index (χ1n) is 3.39. The van der Waals surface area contributed by atoms with Crippen molar-refractivity contribution >= 4 is 5.78 Å². The van der Waals surface area contributed by atoms with Crippen LogP contribution < -0.4 is 5.73 Å². The van der Waals surface area contributed by atoms with Crippen molar-refractivity contribution in [2.24, 2.45) is 11.1 Å². The van der Waals surface area contributed by atoms with E-state index in [2.05, 4.69) is 0 Å². The average Bonchev–Trinajstić information content (AvgIpc) is 1.80. The molecule has 0 radical (unpaired) electrons. The van der Waals surface area contributed by atoms with Gasteiger partial charge in [0.15, 0.2) is 5.78 Å². The highest BCUT2D eigenvalue weighted by atomic mass is 16.1. The molecule has 58 valence electrons.